The highest BCUT2D eigenvalue weighted by Crippen LogP contribution is 2.55. The van der Waals surface area contributed by atoms with Gasteiger partial charge >= 0.3 is 6.03 Å². The number of amides is 3. The summed E-state index contributed by atoms with van der Waals surface area (Å²) in [5.74, 6) is 0.715. The van der Waals surface area contributed by atoms with Crippen LogP contribution in [0.5, 0.6) is 0 Å². The zero-order valence-corrected chi connectivity index (χ0v) is 21.2. The number of aliphatic hydroxyl groups is 1. The van der Waals surface area contributed by atoms with Gasteiger partial charge in [-0.05, 0) is 43.9 Å². The number of hydrogen-bond donors (Lipinski definition) is 3. The van der Waals surface area contributed by atoms with E-state index in [4.69, 9.17) is 0 Å². The van der Waals surface area contributed by atoms with Gasteiger partial charge in [-0.15, -0.1) is 0 Å². The minimum Gasteiger partial charge on any atom is -0.394 e. The maximum Gasteiger partial charge on any atom is 0.318 e. The number of aliphatic hydroxyl groups excluding tert-OH is 1. The molecule has 0 bridgehead atoms. The molecular weight excluding hydrogens is 434 g/mol. The monoisotopic (exact) mass is 469 g/mol. The van der Waals surface area contributed by atoms with E-state index < -0.39 is 19.7 Å². The van der Waals surface area contributed by atoms with Crippen LogP contribution in [0.25, 0.3) is 0 Å². The molecule has 8 nitrogen and oxygen atoms in total. The molecule has 2 aliphatic heterocycles. The van der Waals surface area contributed by atoms with E-state index in [9.17, 15) is 14.7 Å². The lowest BCUT2D eigenvalue weighted by molar-refractivity contribution is -0.125. The lowest BCUT2D eigenvalue weighted by Crippen LogP contribution is -2.55. The number of rotatable bonds is 5. The molecule has 3 aliphatic rings. The third-order valence-electron chi connectivity index (χ3n) is 7.90. The van der Waals surface area contributed by atoms with Crippen LogP contribution in [0.3, 0.4) is 0 Å². The van der Waals surface area contributed by atoms with Crippen LogP contribution in [0.1, 0.15) is 44.7 Å². The van der Waals surface area contributed by atoms with E-state index in [0.29, 0.717) is 18.9 Å². The van der Waals surface area contributed by atoms with Crippen molar-refractivity contribution in [1.82, 2.24) is 20.5 Å². The SMILES string of the molecule is CC1(C)C2=C(CN1C(=O)NC(CO)c1cccnc1)C(NC(=O)C1([Si](C)(C)C)CCC1)=NC2. The number of nitrogens with one attached hydrogen (secondary N) is 2. The molecule has 1 aliphatic carbocycles. The molecule has 0 aromatic carbocycles. The fourth-order valence-electron chi connectivity index (χ4n) is 5.30. The fourth-order valence-corrected chi connectivity index (χ4v) is 7.90. The Morgan fingerprint density at radius 3 is 2.55 bits per heavy atom. The molecule has 1 aromatic rings. The Hall–Kier alpha value is -2.52. The molecule has 33 heavy (non-hydrogen) atoms. The van der Waals surface area contributed by atoms with E-state index in [2.05, 4.69) is 40.3 Å². The second kappa shape index (κ2) is 8.36. The molecule has 1 saturated carbocycles. The molecule has 9 heteroatoms. The number of aromatic nitrogens is 1. The third kappa shape index (κ3) is 3.91. The van der Waals surface area contributed by atoms with Gasteiger partial charge in [-0.2, -0.15) is 0 Å². The summed E-state index contributed by atoms with van der Waals surface area (Å²) < 4.78 is 0. The number of pyridine rings is 1. The van der Waals surface area contributed by atoms with Crippen LogP contribution in [0, 0.1) is 0 Å². The Morgan fingerprint density at radius 1 is 1.27 bits per heavy atom. The number of urea groups is 1. The van der Waals surface area contributed by atoms with Gasteiger partial charge in [0.1, 0.15) is 5.84 Å². The first-order chi connectivity index (χ1) is 15.5. The van der Waals surface area contributed by atoms with E-state index in [-0.39, 0.29) is 23.6 Å². The quantitative estimate of drug-likeness (QED) is 0.576. The van der Waals surface area contributed by atoms with Crippen LogP contribution < -0.4 is 10.6 Å². The van der Waals surface area contributed by atoms with Crippen molar-refractivity contribution in [3.63, 3.8) is 0 Å². The zero-order chi connectivity index (χ0) is 24.0. The number of hydrogen-bond acceptors (Lipinski definition) is 5. The largest absolute Gasteiger partial charge is 0.394 e. The van der Waals surface area contributed by atoms with Crippen molar-refractivity contribution in [2.45, 2.75) is 69.4 Å². The van der Waals surface area contributed by atoms with Gasteiger partial charge in [0.15, 0.2) is 0 Å². The standard InChI is InChI=1S/C24H35N5O3Si/c1-23(2)18-13-26-20(28-21(31)24(9-7-10-24)33(3,4)5)17(18)14-29(23)22(32)27-19(15-30)16-8-6-11-25-12-16/h6,8,11-12,19,30H,7,9-10,13-15H2,1-5H3,(H,27,32)(H,26,28,31). The summed E-state index contributed by atoms with van der Waals surface area (Å²) in [5, 5.41) is 15.7. The molecule has 1 atom stereocenters. The fraction of sp³-hybridized carbons (Fsp3) is 0.583. The van der Waals surface area contributed by atoms with Gasteiger partial charge in [0.05, 0.1) is 39.4 Å². The van der Waals surface area contributed by atoms with E-state index in [1.165, 1.54) is 0 Å². The predicted octanol–water partition coefficient (Wildman–Crippen LogP) is 3.01. The Kier molecular flexibility index (Phi) is 5.98. The van der Waals surface area contributed by atoms with Gasteiger partial charge in [-0.25, -0.2) is 4.79 Å². The number of carbonyl (C=O) groups excluding carboxylic acids is 2. The first-order valence-corrected chi connectivity index (χ1v) is 15.2. The molecule has 0 saturated heterocycles. The Balaban J connectivity index is 1.48. The number of carbonyl (C=O) groups is 2. The molecule has 3 N–H and O–H groups in total. The topological polar surface area (TPSA) is 107 Å². The summed E-state index contributed by atoms with van der Waals surface area (Å²) in [4.78, 5) is 37.1. The normalized spacial score (nSPS) is 21.8. The lowest BCUT2D eigenvalue weighted by atomic mass is 9.83. The molecule has 0 radical (unpaired) electrons. The third-order valence-corrected chi connectivity index (χ3v) is 11.5. The Bertz CT molecular complexity index is 1010. The molecule has 178 valence electrons. The van der Waals surface area contributed by atoms with Gasteiger partial charge in [0, 0.05) is 23.0 Å². The van der Waals surface area contributed by atoms with Gasteiger partial charge in [-0.1, -0.05) is 32.1 Å². The van der Waals surface area contributed by atoms with Crippen LogP contribution in [0.15, 0.2) is 40.7 Å². The number of amidine groups is 1. The second-order valence-corrected chi connectivity index (χ2v) is 16.3. The smallest absolute Gasteiger partial charge is 0.318 e. The first kappa shape index (κ1) is 23.6. The van der Waals surface area contributed by atoms with E-state index in [1.807, 2.05) is 19.9 Å². The Labute approximate surface area is 196 Å². The highest BCUT2D eigenvalue weighted by atomic mass is 28.3. The van der Waals surface area contributed by atoms with Crippen molar-refractivity contribution in [1.29, 1.82) is 0 Å². The van der Waals surface area contributed by atoms with Crippen molar-refractivity contribution in [3.05, 3.63) is 41.2 Å². The van der Waals surface area contributed by atoms with Gasteiger partial charge in [0.2, 0.25) is 5.91 Å². The van der Waals surface area contributed by atoms with Crippen molar-refractivity contribution in [2.75, 3.05) is 19.7 Å². The molecule has 3 amide bonds. The maximum absolute atomic E-state index is 13.4. The molecule has 1 unspecified atom stereocenters. The van der Waals surface area contributed by atoms with Crippen LogP contribution in [-0.2, 0) is 4.79 Å². The lowest BCUT2D eigenvalue weighted by Gasteiger charge is -2.49. The summed E-state index contributed by atoms with van der Waals surface area (Å²) in [6, 6.07) is 2.80. The molecule has 1 aromatic heterocycles. The van der Waals surface area contributed by atoms with E-state index in [0.717, 1.165) is 36.0 Å². The molecular formula is C24H35N5O3Si. The van der Waals surface area contributed by atoms with Crippen molar-refractivity contribution >= 4 is 25.8 Å². The van der Waals surface area contributed by atoms with Crippen LogP contribution in [0.2, 0.25) is 24.7 Å². The van der Waals surface area contributed by atoms with Gasteiger partial charge < -0.3 is 20.6 Å². The van der Waals surface area contributed by atoms with Gasteiger partial charge in [-0.3, -0.25) is 14.8 Å². The predicted molar refractivity (Wildman–Crippen MR) is 131 cm³/mol. The van der Waals surface area contributed by atoms with Crippen LogP contribution >= 0.6 is 0 Å². The van der Waals surface area contributed by atoms with Crippen molar-refractivity contribution < 1.29 is 14.7 Å². The summed E-state index contributed by atoms with van der Waals surface area (Å²) >= 11 is 0. The molecule has 1 fully saturated rings. The summed E-state index contributed by atoms with van der Waals surface area (Å²) in [5.41, 5.74) is 2.20. The van der Waals surface area contributed by atoms with E-state index in [1.54, 1.807) is 23.4 Å². The summed E-state index contributed by atoms with van der Waals surface area (Å²) in [6.07, 6.45) is 6.30. The minimum absolute atomic E-state index is 0.0954. The minimum atomic E-state index is -1.69. The average molecular weight is 470 g/mol. The van der Waals surface area contributed by atoms with Gasteiger partial charge in [0.25, 0.3) is 0 Å². The number of nitrogens with zero attached hydrogens (tertiary/aromatic N) is 3. The average Bonchev–Trinajstić information content (AvgIpc) is 3.23. The highest BCUT2D eigenvalue weighted by Gasteiger charge is 2.54. The first-order valence-electron chi connectivity index (χ1n) is 11.7. The maximum atomic E-state index is 13.4. The summed E-state index contributed by atoms with van der Waals surface area (Å²) in [6.45, 7) is 11.4. The molecule has 4 rings (SSSR count). The van der Waals surface area contributed by atoms with Crippen LogP contribution in [-0.4, -0.2) is 66.1 Å². The van der Waals surface area contributed by atoms with E-state index >= 15 is 0 Å². The Morgan fingerprint density at radius 2 is 2.00 bits per heavy atom. The molecule has 3 heterocycles. The van der Waals surface area contributed by atoms with Crippen molar-refractivity contribution in [2.24, 2.45) is 4.99 Å². The molecule has 0 spiro atoms. The highest BCUT2D eigenvalue weighted by molar-refractivity contribution is 6.82. The van der Waals surface area contributed by atoms with Crippen molar-refractivity contribution in [3.8, 4) is 0 Å². The second-order valence-electron chi connectivity index (χ2n) is 10.9. The van der Waals surface area contributed by atoms with Crippen LogP contribution in [0.4, 0.5) is 4.79 Å². The zero-order valence-electron chi connectivity index (χ0n) is 20.2. The number of aliphatic imine (C=N–C) groups is 1. The summed E-state index contributed by atoms with van der Waals surface area (Å²) in [7, 11) is -1.69.